The summed E-state index contributed by atoms with van der Waals surface area (Å²) in [7, 11) is 1.80. The van der Waals surface area contributed by atoms with Crippen molar-refractivity contribution in [3.8, 4) is 6.07 Å². The first-order chi connectivity index (χ1) is 15.5. The summed E-state index contributed by atoms with van der Waals surface area (Å²) in [6.07, 6.45) is 11.6. The van der Waals surface area contributed by atoms with Crippen LogP contribution in [0.3, 0.4) is 0 Å². The van der Waals surface area contributed by atoms with Crippen molar-refractivity contribution in [1.82, 2.24) is 25.0 Å². The summed E-state index contributed by atoms with van der Waals surface area (Å²) in [5, 5.41) is 19.1. The lowest BCUT2D eigenvalue weighted by Gasteiger charge is -2.37. The van der Waals surface area contributed by atoms with Crippen LogP contribution in [0.5, 0.6) is 0 Å². The number of nitriles is 1. The summed E-state index contributed by atoms with van der Waals surface area (Å²) >= 11 is 0. The number of ether oxygens (including phenoxy) is 1. The van der Waals surface area contributed by atoms with Crippen molar-refractivity contribution in [2.45, 2.75) is 56.7 Å². The van der Waals surface area contributed by atoms with Gasteiger partial charge in [0.1, 0.15) is 17.4 Å². The second-order valence-corrected chi connectivity index (χ2v) is 10.6. The number of aromatic nitrogens is 3. The predicted octanol–water partition coefficient (Wildman–Crippen LogP) is 2.63. The van der Waals surface area contributed by atoms with Crippen molar-refractivity contribution >= 4 is 22.6 Å². The predicted molar refractivity (Wildman–Crippen MR) is 119 cm³/mol. The maximum absolute atomic E-state index is 9.94. The summed E-state index contributed by atoms with van der Waals surface area (Å²) in [4.78, 5) is 12.0. The third kappa shape index (κ3) is 2.36. The molecule has 0 radical (unpaired) electrons. The minimum Gasteiger partial charge on any atom is -0.384 e. The molecule has 3 aliphatic heterocycles. The molecule has 0 aromatic carbocycles. The second kappa shape index (κ2) is 5.97. The summed E-state index contributed by atoms with van der Waals surface area (Å²) < 4.78 is 7.41. The Kier molecular flexibility index (Phi) is 3.50. The SMILES string of the molecule is COCC12CC(C1)N(C1C=C(n3ncc4cnc(C5(C#N)CC56CC6)cc43)N=C(C)N1)C2. The van der Waals surface area contributed by atoms with Gasteiger partial charge in [-0.05, 0) is 56.6 Å². The summed E-state index contributed by atoms with van der Waals surface area (Å²) in [6, 6.07) is 5.26. The molecule has 164 valence electrons. The monoisotopic (exact) mass is 429 g/mol. The number of nitrogens with one attached hydrogen (secondary N) is 1. The molecule has 3 aliphatic carbocycles. The maximum atomic E-state index is 9.94. The van der Waals surface area contributed by atoms with Crippen LogP contribution in [0.15, 0.2) is 29.5 Å². The lowest BCUT2D eigenvalue weighted by atomic mass is 9.71. The average Bonchev–Trinajstić information content (AvgIpc) is 3.49. The molecule has 5 heterocycles. The molecule has 5 fully saturated rings. The van der Waals surface area contributed by atoms with Gasteiger partial charge in [-0.3, -0.25) is 9.88 Å². The Morgan fingerprint density at radius 1 is 1.31 bits per heavy atom. The summed E-state index contributed by atoms with van der Waals surface area (Å²) in [5.41, 5.74) is 1.95. The molecule has 8 heteroatoms. The van der Waals surface area contributed by atoms with E-state index in [-0.39, 0.29) is 11.6 Å². The van der Waals surface area contributed by atoms with E-state index in [1.807, 2.05) is 24.0 Å². The van der Waals surface area contributed by atoms with Gasteiger partial charge in [0, 0.05) is 36.7 Å². The fourth-order valence-electron chi connectivity index (χ4n) is 6.68. The van der Waals surface area contributed by atoms with Gasteiger partial charge in [-0.25, -0.2) is 9.67 Å². The van der Waals surface area contributed by atoms with E-state index in [0.29, 0.717) is 11.5 Å². The van der Waals surface area contributed by atoms with Crippen LogP contribution in [0.1, 0.15) is 44.7 Å². The van der Waals surface area contributed by atoms with Gasteiger partial charge in [-0.15, -0.1) is 0 Å². The highest BCUT2D eigenvalue weighted by Gasteiger charge is 2.76. The molecule has 0 amide bonds. The molecule has 2 aromatic heterocycles. The Labute approximate surface area is 187 Å². The average molecular weight is 430 g/mol. The summed E-state index contributed by atoms with van der Waals surface area (Å²) in [5.74, 6) is 1.72. The summed E-state index contributed by atoms with van der Waals surface area (Å²) in [6.45, 7) is 3.88. The second-order valence-electron chi connectivity index (χ2n) is 10.6. The number of methoxy groups -OCH3 is 1. The van der Waals surface area contributed by atoms with E-state index in [9.17, 15) is 5.26 Å². The Morgan fingerprint density at radius 3 is 2.88 bits per heavy atom. The van der Waals surface area contributed by atoms with Gasteiger partial charge < -0.3 is 10.1 Å². The van der Waals surface area contributed by atoms with Crippen molar-refractivity contribution in [2.75, 3.05) is 20.3 Å². The van der Waals surface area contributed by atoms with E-state index < -0.39 is 5.41 Å². The van der Waals surface area contributed by atoms with Crippen LogP contribution < -0.4 is 5.32 Å². The van der Waals surface area contributed by atoms with Crippen molar-refractivity contribution in [3.05, 3.63) is 30.2 Å². The number of hydrogen-bond donors (Lipinski definition) is 1. The Bertz CT molecular complexity index is 1240. The number of hydrogen-bond acceptors (Lipinski definition) is 7. The van der Waals surface area contributed by atoms with Crippen molar-refractivity contribution < 1.29 is 4.74 Å². The molecule has 2 saturated heterocycles. The molecule has 32 heavy (non-hydrogen) atoms. The lowest BCUT2D eigenvalue weighted by Crippen LogP contribution is -2.49. The molecule has 3 saturated carbocycles. The molecule has 8 nitrogen and oxygen atoms in total. The van der Waals surface area contributed by atoms with E-state index in [0.717, 1.165) is 60.7 Å². The Hall–Kier alpha value is -2.76. The van der Waals surface area contributed by atoms with Gasteiger partial charge in [-0.2, -0.15) is 10.4 Å². The molecule has 2 atom stereocenters. The number of aliphatic imine (C=N–C) groups is 1. The third-order valence-electron chi connectivity index (χ3n) is 8.61. The van der Waals surface area contributed by atoms with Crippen LogP contribution in [0.4, 0.5) is 0 Å². The zero-order valence-electron chi connectivity index (χ0n) is 18.5. The fraction of sp³-hybridized carbons (Fsp3) is 0.583. The topological polar surface area (TPSA) is 91.4 Å². The fourth-order valence-corrected chi connectivity index (χ4v) is 6.68. The molecule has 6 aliphatic rings. The number of amidine groups is 1. The van der Waals surface area contributed by atoms with Gasteiger partial charge in [0.15, 0.2) is 5.82 Å². The Balaban J connectivity index is 1.24. The number of fused-ring (bicyclic) bond motifs is 2. The maximum Gasteiger partial charge on any atom is 0.155 e. The van der Waals surface area contributed by atoms with Crippen molar-refractivity contribution in [2.24, 2.45) is 15.8 Å². The van der Waals surface area contributed by atoms with E-state index >= 15 is 0 Å². The van der Waals surface area contributed by atoms with Crippen molar-refractivity contribution in [3.63, 3.8) is 0 Å². The molecule has 2 unspecified atom stereocenters. The quantitative estimate of drug-likeness (QED) is 0.786. The van der Waals surface area contributed by atoms with Gasteiger partial charge in [0.05, 0.1) is 30.1 Å². The Morgan fingerprint density at radius 2 is 2.16 bits per heavy atom. The third-order valence-corrected chi connectivity index (χ3v) is 8.61. The molecular weight excluding hydrogens is 402 g/mol. The van der Waals surface area contributed by atoms with Crippen LogP contribution in [0.2, 0.25) is 0 Å². The van der Waals surface area contributed by atoms with Gasteiger partial charge in [0.2, 0.25) is 0 Å². The molecule has 2 aromatic rings. The smallest absolute Gasteiger partial charge is 0.155 e. The lowest BCUT2D eigenvalue weighted by molar-refractivity contribution is 0.0499. The van der Waals surface area contributed by atoms with Gasteiger partial charge in [0.25, 0.3) is 0 Å². The van der Waals surface area contributed by atoms with Gasteiger partial charge >= 0.3 is 0 Å². The molecular formula is C24H27N7O. The van der Waals surface area contributed by atoms with Gasteiger partial charge in [-0.1, -0.05) is 0 Å². The highest BCUT2D eigenvalue weighted by molar-refractivity contribution is 5.88. The van der Waals surface area contributed by atoms with E-state index in [1.165, 1.54) is 12.8 Å². The van der Waals surface area contributed by atoms with E-state index in [1.54, 1.807) is 7.11 Å². The molecule has 1 N–H and O–H groups in total. The van der Waals surface area contributed by atoms with Crippen LogP contribution in [0.25, 0.3) is 16.7 Å². The standard InChI is InChI=1S/C24H27N7O/c1-15-28-20(30-13-22(14-32-2)7-17(30)8-22)6-21(29-15)31-18-5-19(26-9-16(18)10-27-31)24(12-25)11-23(24)3-4-23/h5-6,9-10,17,20H,3-4,7-8,11,13-14H2,1-2H3,(H,28,29). The first-order valence-corrected chi connectivity index (χ1v) is 11.5. The highest BCUT2D eigenvalue weighted by atomic mass is 16.5. The van der Waals surface area contributed by atoms with Crippen LogP contribution in [-0.2, 0) is 10.2 Å². The van der Waals surface area contributed by atoms with E-state index in [4.69, 9.17) is 9.73 Å². The largest absolute Gasteiger partial charge is 0.384 e. The molecule has 8 rings (SSSR count). The minimum absolute atomic E-state index is 0.0953. The first kappa shape index (κ1) is 18.8. The number of nitrogens with zero attached hydrogens (tertiary/aromatic N) is 6. The first-order valence-electron chi connectivity index (χ1n) is 11.5. The minimum atomic E-state index is -0.410. The van der Waals surface area contributed by atoms with Crippen molar-refractivity contribution in [1.29, 1.82) is 5.26 Å². The van der Waals surface area contributed by atoms with E-state index in [2.05, 4.69) is 38.5 Å². The zero-order valence-corrected chi connectivity index (χ0v) is 18.5. The highest BCUT2D eigenvalue weighted by Crippen LogP contribution is 2.78. The van der Waals surface area contributed by atoms with Crippen LogP contribution in [-0.4, -0.2) is 58.0 Å². The molecule has 1 spiro atoms. The number of rotatable bonds is 5. The van der Waals surface area contributed by atoms with Crippen LogP contribution >= 0.6 is 0 Å². The zero-order chi connectivity index (χ0) is 21.7. The normalized spacial score (nSPS) is 36.3. The number of pyridine rings is 1. The molecule has 2 bridgehead atoms. The van der Waals surface area contributed by atoms with Crippen LogP contribution in [0, 0.1) is 22.2 Å².